The van der Waals surface area contributed by atoms with Crippen LogP contribution in [0.5, 0.6) is 0 Å². The highest BCUT2D eigenvalue weighted by atomic mass is 16.5. The molecule has 2 heterocycles. The highest BCUT2D eigenvalue weighted by Gasteiger charge is 2.30. The molecule has 0 aliphatic carbocycles. The van der Waals surface area contributed by atoms with Gasteiger partial charge >= 0.3 is 0 Å². The van der Waals surface area contributed by atoms with Crippen LogP contribution in [0.2, 0.25) is 0 Å². The third-order valence-corrected chi connectivity index (χ3v) is 2.78. The van der Waals surface area contributed by atoms with Crippen LogP contribution in [0.3, 0.4) is 0 Å². The minimum absolute atomic E-state index is 0.0136. The summed E-state index contributed by atoms with van der Waals surface area (Å²) in [7, 11) is 0. The van der Waals surface area contributed by atoms with E-state index in [-0.39, 0.29) is 6.10 Å². The first-order valence-electron chi connectivity index (χ1n) is 5.84. The second-order valence-corrected chi connectivity index (χ2v) is 4.64. The van der Waals surface area contributed by atoms with E-state index in [4.69, 9.17) is 9.26 Å². The van der Waals surface area contributed by atoms with E-state index in [9.17, 15) is 0 Å². The van der Waals surface area contributed by atoms with E-state index in [1.54, 1.807) is 0 Å². The first kappa shape index (κ1) is 11.5. The molecule has 2 unspecified atom stereocenters. The van der Waals surface area contributed by atoms with E-state index < -0.39 is 0 Å². The van der Waals surface area contributed by atoms with Crippen LogP contribution in [0.4, 0.5) is 0 Å². The quantitative estimate of drug-likeness (QED) is 0.844. The van der Waals surface area contributed by atoms with Crippen LogP contribution in [0.25, 0.3) is 0 Å². The maximum absolute atomic E-state index is 5.57. The number of hydrogen-bond donors (Lipinski definition) is 1. The first-order valence-corrected chi connectivity index (χ1v) is 5.84. The van der Waals surface area contributed by atoms with Gasteiger partial charge in [0.1, 0.15) is 6.10 Å². The number of hydrogen-bond acceptors (Lipinski definition) is 5. The molecule has 5 nitrogen and oxygen atoms in total. The SMILES string of the molecule is CC(C)NCc1noc(C2OCCC2C)n1. The zero-order valence-electron chi connectivity index (χ0n) is 10.1. The molecule has 1 aromatic rings. The van der Waals surface area contributed by atoms with Crippen molar-refractivity contribution >= 4 is 0 Å². The van der Waals surface area contributed by atoms with Crippen molar-refractivity contribution < 1.29 is 9.26 Å². The highest BCUT2D eigenvalue weighted by molar-refractivity contribution is 4.94. The third kappa shape index (κ3) is 2.59. The van der Waals surface area contributed by atoms with Crippen molar-refractivity contribution in [3.05, 3.63) is 11.7 Å². The Kier molecular flexibility index (Phi) is 3.56. The fraction of sp³-hybridized carbons (Fsp3) is 0.818. The minimum atomic E-state index is -0.0136. The van der Waals surface area contributed by atoms with Crippen molar-refractivity contribution in [3.63, 3.8) is 0 Å². The highest BCUT2D eigenvalue weighted by Crippen LogP contribution is 2.32. The molecule has 2 atom stereocenters. The third-order valence-electron chi connectivity index (χ3n) is 2.78. The first-order chi connectivity index (χ1) is 7.66. The molecule has 1 aliphatic heterocycles. The molecule has 1 aromatic heterocycles. The summed E-state index contributed by atoms with van der Waals surface area (Å²) in [4.78, 5) is 4.35. The van der Waals surface area contributed by atoms with E-state index in [0.717, 1.165) is 13.0 Å². The lowest BCUT2D eigenvalue weighted by Crippen LogP contribution is -2.22. The molecule has 0 amide bonds. The maximum atomic E-state index is 5.57. The Labute approximate surface area is 95.6 Å². The van der Waals surface area contributed by atoms with Gasteiger partial charge in [-0.15, -0.1) is 0 Å². The molecule has 1 fully saturated rings. The van der Waals surface area contributed by atoms with Crippen LogP contribution >= 0.6 is 0 Å². The second-order valence-electron chi connectivity index (χ2n) is 4.64. The monoisotopic (exact) mass is 225 g/mol. The van der Waals surface area contributed by atoms with Crippen molar-refractivity contribution in [3.8, 4) is 0 Å². The van der Waals surface area contributed by atoms with Crippen LogP contribution in [0.1, 0.15) is 45.0 Å². The molecule has 16 heavy (non-hydrogen) atoms. The average molecular weight is 225 g/mol. The summed E-state index contributed by atoms with van der Waals surface area (Å²) in [5.41, 5.74) is 0. The smallest absolute Gasteiger partial charge is 0.256 e. The predicted octanol–water partition coefficient (Wildman–Crippen LogP) is 1.67. The molecule has 0 bridgehead atoms. The summed E-state index contributed by atoms with van der Waals surface area (Å²) in [6, 6.07) is 0.420. The Morgan fingerprint density at radius 2 is 2.31 bits per heavy atom. The number of nitrogens with zero attached hydrogens (tertiary/aromatic N) is 2. The summed E-state index contributed by atoms with van der Waals surface area (Å²) < 4.78 is 10.8. The van der Waals surface area contributed by atoms with Gasteiger partial charge in [-0.2, -0.15) is 4.98 Å². The number of rotatable bonds is 4. The summed E-state index contributed by atoms with van der Waals surface area (Å²) in [5, 5.41) is 7.19. The Morgan fingerprint density at radius 1 is 1.50 bits per heavy atom. The summed E-state index contributed by atoms with van der Waals surface area (Å²) in [5.74, 6) is 1.78. The molecular formula is C11H19N3O2. The predicted molar refractivity (Wildman–Crippen MR) is 58.7 cm³/mol. The van der Waals surface area contributed by atoms with Crippen molar-refractivity contribution in [2.24, 2.45) is 5.92 Å². The van der Waals surface area contributed by atoms with E-state index in [1.165, 1.54) is 0 Å². The summed E-state index contributed by atoms with van der Waals surface area (Å²) in [6.07, 6.45) is 1.05. The van der Waals surface area contributed by atoms with Gasteiger partial charge in [0.05, 0.1) is 6.54 Å². The Bertz CT molecular complexity index is 338. The van der Waals surface area contributed by atoms with Crippen LogP contribution in [0.15, 0.2) is 4.52 Å². The lowest BCUT2D eigenvalue weighted by atomic mass is 10.0. The van der Waals surface area contributed by atoms with Gasteiger partial charge in [-0.1, -0.05) is 25.9 Å². The summed E-state index contributed by atoms with van der Waals surface area (Å²) >= 11 is 0. The Hall–Kier alpha value is -0.940. The van der Waals surface area contributed by atoms with Crippen molar-refractivity contribution in [2.45, 2.75) is 45.9 Å². The standard InChI is InChI=1S/C11H19N3O2/c1-7(2)12-6-9-13-11(16-14-9)10-8(3)4-5-15-10/h7-8,10,12H,4-6H2,1-3H3. The Morgan fingerprint density at radius 3 is 2.94 bits per heavy atom. The van der Waals surface area contributed by atoms with E-state index >= 15 is 0 Å². The normalized spacial score (nSPS) is 25.5. The molecule has 0 saturated carbocycles. The molecule has 1 aliphatic rings. The molecule has 1 N–H and O–H groups in total. The maximum Gasteiger partial charge on any atom is 0.256 e. The Balaban J connectivity index is 1.96. The zero-order valence-corrected chi connectivity index (χ0v) is 10.1. The summed E-state index contributed by atoms with van der Waals surface area (Å²) in [6.45, 7) is 7.75. The fourth-order valence-electron chi connectivity index (χ4n) is 1.76. The zero-order chi connectivity index (χ0) is 11.5. The largest absolute Gasteiger partial charge is 0.368 e. The number of ether oxygens (including phenoxy) is 1. The van der Waals surface area contributed by atoms with E-state index in [0.29, 0.717) is 30.2 Å². The average Bonchev–Trinajstić information content (AvgIpc) is 2.83. The van der Waals surface area contributed by atoms with Gasteiger partial charge in [0.15, 0.2) is 5.82 Å². The molecule has 0 spiro atoms. The van der Waals surface area contributed by atoms with Crippen molar-refractivity contribution in [2.75, 3.05) is 6.61 Å². The molecule has 2 rings (SSSR count). The van der Waals surface area contributed by atoms with E-state index in [2.05, 4.69) is 36.2 Å². The van der Waals surface area contributed by atoms with Gasteiger partial charge in [0, 0.05) is 12.6 Å². The van der Waals surface area contributed by atoms with Crippen molar-refractivity contribution in [1.29, 1.82) is 0 Å². The minimum Gasteiger partial charge on any atom is -0.368 e. The van der Waals surface area contributed by atoms with Crippen molar-refractivity contribution in [1.82, 2.24) is 15.5 Å². The van der Waals surface area contributed by atoms with Gasteiger partial charge in [0.2, 0.25) is 0 Å². The number of nitrogens with one attached hydrogen (secondary N) is 1. The molecule has 0 aromatic carbocycles. The lowest BCUT2D eigenvalue weighted by molar-refractivity contribution is 0.0661. The van der Waals surface area contributed by atoms with Gasteiger partial charge in [-0.25, -0.2) is 0 Å². The van der Waals surface area contributed by atoms with Crippen LogP contribution in [0, 0.1) is 5.92 Å². The van der Waals surface area contributed by atoms with Gasteiger partial charge in [-0.3, -0.25) is 0 Å². The molecule has 5 heteroatoms. The van der Waals surface area contributed by atoms with Crippen LogP contribution < -0.4 is 5.32 Å². The molecule has 0 radical (unpaired) electrons. The van der Waals surface area contributed by atoms with Gasteiger partial charge < -0.3 is 14.6 Å². The van der Waals surface area contributed by atoms with Gasteiger partial charge in [0.25, 0.3) is 5.89 Å². The molecule has 1 saturated heterocycles. The van der Waals surface area contributed by atoms with Gasteiger partial charge in [-0.05, 0) is 12.3 Å². The van der Waals surface area contributed by atoms with Crippen LogP contribution in [-0.2, 0) is 11.3 Å². The van der Waals surface area contributed by atoms with Crippen LogP contribution in [-0.4, -0.2) is 22.8 Å². The lowest BCUT2D eigenvalue weighted by Gasteiger charge is -2.08. The molecular weight excluding hydrogens is 206 g/mol. The molecule has 90 valence electrons. The second kappa shape index (κ2) is 4.93. The number of aromatic nitrogens is 2. The fourth-order valence-corrected chi connectivity index (χ4v) is 1.76. The topological polar surface area (TPSA) is 60.2 Å². The van der Waals surface area contributed by atoms with E-state index in [1.807, 2.05) is 0 Å².